The van der Waals surface area contributed by atoms with E-state index in [1.54, 1.807) is 55.5 Å². The van der Waals surface area contributed by atoms with E-state index in [0.29, 0.717) is 17.8 Å². The average molecular weight is 460 g/mol. The number of alkyl halides is 3. The summed E-state index contributed by atoms with van der Waals surface area (Å²) in [5.74, 6) is 0.346. The van der Waals surface area contributed by atoms with E-state index in [9.17, 15) is 26.0 Å². The van der Waals surface area contributed by atoms with Crippen molar-refractivity contribution in [3.8, 4) is 5.75 Å². The molecule has 0 aliphatic carbocycles. The van der Waals surface area contributed by atoms with E-state index in [2.05, 4.69) is 9.73 Å². The van der Waals surface area contributed by atoms with Crippen LogP contribution in [0.3, 0.4) is 0 Å². The van der Waals surface area contributed by atoms with E-state index < -0.39 is 33.7 Å². The molecule has 0 N–H and O–H groups in total. The largest absolute Gasteiger partial charge is 0.494 e. The summed E-state index contributed by atoms with van der Waals surface area (Å²) >= 11 is 0. The topological polar surface area (TPSA) is 59.0 Å². The number of sulfone groups is 1. The van der Waals surface area contributed by atoms with Crippen molar-refractivity contribution in [2.45, 2.75) is 24.3 Å². The SMILES string of the molecule is CC1=NCCC(C(F)(F)F)(S(C)(=O)=O)CN1c1ccccc1.COc1ccccc1F. The van der Waals surface area contributed by atoms with Gasteiger partial charge in [0.2, 0.25) is 0 Å². The predicted octanol–water partition coefficient (Wildman–Crippen LogP) is 4.50. The smallest absolute Gasteiger partial charge is 0.409 e. The summed E-state index contributed by atoms with van der Waals surface area (Å²) in [6.07, 6.45) is -4.80. The molecule has 170 valence electrons. The lowest BCUT2D eigenvalue weighted by Gasteiger charge is -2.36. The molecular weight excluding hydrogens is 436 g/mol. The second-order valence-corrected chi connectivity index (χ2v) is 9.33. The molecule has 0 radical (unpaired) electrons. The highest BCUT2D eigenvalue weighted by atomic mass is 32.2. The zero-order valence-electron chi connectivity index (χ0n) is 17.4. The van der Waals surface area contributed by atoms with Crippen LogP contribution < -0.4 is 9.64 Å². The Balaban J connectivity index is 0.000000316. The first kappa shape index (κ1) is 24.6. The van der Waals surface area contributed by atoms with Gasteiger partial charge < -0.3 is 9.64 Å². The van der Waals surface area contributed by atoms with Gasteiger partial charge in [0.15, 0.2) is 26.2 Å². The Hall–Kier alpha value is -2.62. The van der Waals surface area contributed by atoms with Crippen molar-refractivity contribution < 1.29 is 30.7 Å². The van der Waals surface area contributed by atoms with Gasteiger partial charge in [-0.05, 0) is 37.6 Å². The minimum atomic E-state index is -4.87. The minimum Gasteiger partial charge on any atom is -0.494 e. The summed E-state index contributed by atoms with van der Waals surface area (Å²) in [5.41, 5.74) is 0.489. The third-order valence-electron chi connectivity index (χ3n) is 5.01. The van der Waals surface area contributed by atoms with Gasteiger partial charge in [-0.1, -0.05) is 30.3 Å². The molecule has 0 saturated heterocycles. The van der Waals surface area contributed by atoms with Crippen LogP contribution in [-0.2, 0) is 9.84 Å². The van der Waals surface area contributed by atoms with Crippen LogP contribution in [0.1, 0.15) is 13.3 Å². The molecule has 10 heteroatoms. The minimum absolute atomic E-state index is 0.179. The summed E-state index contributed by atoms with van der Waals surface area (Å²) in [5, 5.41) is 0. The fourth-order valence-corrected chi connectivity index (χ4v) is 4.42. The fourth-order valence-electron chi connectivity index (χ4n) is 3.17. The molecule has 0 spiro atoms. The van der Waals surface area contributed by atoms with Crippen LogP contribution in [0.15, 0.2) is 59.6 Å². The number of halogens is 4. The van der Waals surface area contributed by atoms with Crippen molar-refractivity contribution in [2.24, 2.45) is 4.99 Å². The number of rotatable bonds is 3. The fraction of sp³-hybridized carbons (Fsp3) is 0.381. The predicted molar refractivity (Wildman–Crippen MR) is 113 cm³/mol. The van der Waals surface area contributed by atoms with Crippen LogP contribution in [0.5, 0.6) is 5.75 Å². The number of hydrogen-bond acceptors (Lipinski definition) is 5. The zero-order valence-corrected chi connectivity index (χ0v) is 18.2. The van der Waals surface area contributed by atoms with E-state index in [1.807, 2.05) is 0 Å². The highest BCUT2D eigenvalue weighted by Crippen LogP contribution is 2.42. The maximum Gasteiger partial charge on any atom is 0.409 e. The number of benzene rings is 2. The van der Waals surface area contributed by atoms with Crippen molar-refractivity contribution >= 4 is 21.4 Å². The van der Waals surface area contributed by atoms with Gasteiger partial charge in [-0.25, -0.2) is 12.8 Å². The van der Waals surface area contributed by atoms with E-state index in [1.165, 1.54) is 18.1 Å². The van der Waals surface area contributed by atoms with Gasteiger partial charge in [-0.2, -0.15) is 13.2 Å². The van der Waals surface area contributed by atoms with Crippen LogP contribution in [-0.4, -0.2) is 51.6 Å². The first-order valence-corrected chi connectivity index (χ1v) is 11.2. The summed E-state index contributed by atoms with van der Waals surface area (Å²) in [6, 6.07) is 14.7. The van der Waals surface area contributed by atoms with Gasteiger partial charge in [0.25, 0.3) is 0 Å². The molecular formula is C21H24F4N2O3S. The number of para-hydroxylation sites is 2. The second kappa shape index (κ2) is 9.67. The lowest BCUT2D eigenvalue weighted by Crippen LogP contribution is -2.58. The lowest BCUT2D eigenvalue weighted by atomic mass is 10.0. The van der Waals surface area contributed by atoms with Gasteiger partial charge in [0.1, 0.15) is 5.84 Å². The molecule has 2 aromatic carbocycles. The molecule has 31 heavy (non-hydrogen) atoms. The average Bonchev–Trinajstić information content (AvgIpc) is 2.89. The van der Waals surface area contributed by atoms with Crippen molar-refractivity contribution in [3.63, 3.8) is 0 Å². The molecule has 2 aromatic rings. The number of nitrogens with zero attached hydrogens (tertiary/aromatic N) is 2. The van der Waals surface area contributed by atoms with Crippen LogP contribution in [0, 0.1) is 5.82 Å². The molecule has 1 unspecified atom stereocenters. The van der Waals surface area contributed by atoms with Crippen LogP contribution >= 0.6 is 0 Å². The van der Waals surface area contributed by atoms with Gasteiger partial charge in [0.05, 0.1) is 13.7 Å². The molecule has 3 rings (SSSR count). The number of methoxy groups -OCH3 is 1. The Morgan fingerprint density at radius 2 is 1.65 bits per heavy atom. The molecule has 5 nitrogen and oxygen atoms in total. The summed E-state index contributed by atoms with van der Waals surface area (Å²) in [7, 11) is -2.93. The molecule has 0 amide bonds. The Morgan fingerprint density at radius 3 is 2.13 bits per heavy atom. The Morgan fingerprint density at radius 1 is 1.06 bits per heavy atom. The van der Waals surface area contributed by atoms with E-state index >= 15 is 0 Å². The number of amidine groups is 1. The Labute approximate surface area is 179 Å². The van der Waals surface area contributed by atoms with Gasteiger partial charge in [-0.15, -0.1) is 0 Å². The van der Waals surface area contributed by atoms with Crippen molar-refractivity contribution in [1.29, 1.82) is 0 Å². The molecule has 0 bridgehead atoms. The molecule has 0 aromatic heterocycles. The first-order chi connectivity index (χ1) is 14.4. The molecule has 1 aliphatic rings. The monoisotopic (exact) mass is 460 g/mol. The third kappa shape index (κ3) is 5.55. The van der Waals surface area contributed by atoms with Gasteiger partial charge >= 0.3 is 6.18 Å². The normalized spacial score (nSPS) is 19.6. The van der Waals surface area contributed by atoms with E-state index in [-0.39, 0.29) is 18.1 Å². The maximum absolute atomic E-state index is 13.6. The number of aliphatic imine (C=N–C) groups is 1. The lowest BCUT2D eigenvalue weighted by molar-refractivity contribution is -0.159. The van der Waals surface area contributed by atoms with Crippen LogP contribution in [0.4, 0.5) is 23.2 Å². The Kier molecular flexibility index (Phi) is 7.69. The molecule has 1 heterocycles. The third-order valence-corrected chi connectivity index (χ3v) is 7.00. The van der Waals surface area contributed by atoms with E-state index in [4.69, 9.17) is 0 Å². The number of ether oxygens (including phenoxy) is 1. The first-order valence-electron chi connectivity index (χ1n) is 9.31. The molecule has 0 saturated carbocycles. The number of anilines is 1. The zero-order chi connectivity index (χ0) is 23.3. The Bertz CT molecular complexity index is 1010. The highest BCUT2D eigenvalue weighted by Gasteiger charge is 2.63. The van der Waals surface area contributed by atoms with E-state index in [0.717, 1.165) is 0 Å². The molecule has 1 aliphatic heterocycles. The second-order valence-electron chi connectivity index (χ2n) is 7.00. The summed E-state index contributed by atoms with van der Waals surface area (Å²) in [6.45, 7) is 0.720. The van der Waals surface area contributed by atoms with Crippen LogP contribution in [0.25, 0.3) is 0 Å². The van der Waals surface area contributed by atoms with Gasteiger partial charge in [0, 0.05) is 18.5 Å². The van der Waals surface area contributed by atoms with Crippen molar-refractivity contribution in [2.75, 3.05) is 31.4 Å². The van der Waals surface area contributed by atoms with Crippen LogP contribution in [0.2, 0.25) is 0 Å². The molecule has 0 fully saturated rings. The summed E-state index contributed by atoms with van der Waals surface area (Å²) in [4.78, 5) is 5.40. The highest BCUT2D eigenvalue weighted by molar-refractivity contribution is 7.92. The number of hydrogen-bond donors (Lipinski definition) is 0. The van der Waals surface area contributed by atoms with Crippen molar-refractivity contribution in [3.05, 3.63) is 60.4 Å². The maximum atomic E-state index is 13.6. The van der Waals surface area contributed by atoms with Crippen molar-refractivity contribution in [1.82, 2.24) is 0 Å². The standard InChI is InChI=1S/C14H17F3N2O2S.C7H7FO/c1-11-18-9-8-13(14(15,16)17,22(2,20)21)10-19(11)12-6-4-3-5-7-12;1-9-7-5-3-2-4-6(7)8/h3-7H,8-10H2,1-2H3;2-5H,1H3. The summed E-state index contributed by atoms with van der Waals surface area (Å²) < 4.78 is 79.2. The molecule has 1 atom stereocenters. The quantitative estimate of drug-likeness (QED) is 0.633. The van der Waals surface area contributed by atoms with Gasteiger partial charge in [-0.3, -0.25) is 4.99 Å².